The number of nitrogens with one attached hydrogen (secondary N) is 1. The van der Waals surface area contributed by atoms with Crippen molar-refractivity contribution in [2.45, 2.75) is 37.8 Å². The Hall–Kier alpha value is -3.40. The van der Waals surface area contributed by atoms with Crippen molar-refractivity contribution in [2.75, 3.05) is 20.2 Å². The average Bonchev–Trinajstić information content (AvgIpc) is 3.01. The van der Waals surface area contributed by atoms with Crippen molar-refractivity contribution in [1.82, 2.24) is 14.5 Å². The van der Waals surface area contributed by atoms with E-state index in [1.54, 1.807) is 57.4 Å². The molecule has 9 nitrogen and oxygen atoms in total. The molecule has 0 fully saturated rings. The number of hydrogen-bond donors (Lipinski definition) is 1. The molecule has 0 radical (unpaired) electrons. The zero-order chi connectivity index (χ0) is 24.2. The van der Waals surface area contributed by atoms with Gasteiger partial charge in [0, 0.05) is 26.1 Å². The van der Waals surface area contributed by atoms with E-state index in [2.05, 4.69) is 5.32 Å². The Morgan fingerprint density at radius 2 is 1.79 bits per heavy atom. The van der Waals surface area contributed by atoms with Crippen LogP contribution in [0.2, 0.25) is 0 Å². The van der Waals surface area contributed by atoms with Gasteiger partial charge in [-0.15, -0.1) is 0 Å². The summed E-state index contributed by atoms with van der Waals surface area (Å²) in [6.07, 6.45) is -0.251. The highest BCUT2D eigenvalue weighted by Gasteiger charge is 2.41. The number of benzene rings is 2. The highest BCUT2D eigenvalue weighted by atomic mass is 32.2. The molecular formula is C23H27N3O6S. The number of fused-ring (bicyclic) bond motifs is 1. The minimum atomic E-state index is -4.01. The zero-order valence-electron chi connectivity index (χ0n) is 18.8. The monoisotopic (exact) mass is 473 g/mol. The molecule has 1 aliphatic heterocycles. The van der Waals surface area contributed by atoms with Gasteiger partial charge in [0.2, 0.25) is 11.8 Å². The predicted octanol–water partition coefficient (Wildman–Crippen LogP) is 1.78. The van der Waals surface area contributed by atoms with Gasteiger partial charge in [-0.25, -0.2) is 12.7 Å². The van der Waals surface area contributed by atoms with E-state index in [9.17, 15) is 22.8 Å². The van der Waals surface area contributed by atoms with Crippen LogP contribution in [0.15, 0.2) is 53.4 Å². The van der Waals surface area contributed by atoms with E-state index >= 15 is 0 Å². The first-order valence-electron chi connectivity index (χ1n) is 10.6. The van der Waals surface area contributed by atoms with Crippen LogP contribution in [0.1, 0.15) is 36.2 Å². The molecule has 0 unspecified atom stereocenters. The molecule has 0 bridgehead atoms. The smallest absolute Gasteiger partial charge is 0.269 e. The SMILES string of the molecule is CCNC(=O)[C@@H](C)N(Cc1ccc(OC)cc1)C(=O)CCN1C(=O)c2ccccc2S1(=O)=O. The van der Waals surface area contributed by atoms with E-state index in [1.807, 2.05) is 0 Å². The largest absolute Gasteiger partial charge is 0.497 e. The summed E-state index contributed by atoms with van der Waals surface area (Å²) in [7, 11) is -2.46. The number of nitrogens with zero attached hydrogens (tertiary/aromatic N) is 2. The summed E-state index contributed by atoms with van der Waals surface area (Å²) in [5.74, 6) is -0.761. The minimum absolute atomic E-state index is 0.0618. The van der Waals surface area contributed by atoms with E-state index in [1.165, 1.54) is 17.0 Å². The maximum absolute atomic E-state index is 13.2. The molecule has 1 heterocycles. The third kappa shape index (κ3) is 5.00. The molecule has 2 aromatic carbocycles. The molecule has 33 heavy (non-hydrogen) atoms. The quantitative estimate of drug-likeness (QED) is 0.594. The van der Waals surface area contributed by atoms with Crippen LogP contribution in [0.25, 0.3) is 0 Å². The van der Waals surface area contributed by atoms with Gasteiger partial charge in [0.1, 0.15) is 16.7 Å². The summed E-state index contributed by atoms with van der Waals surface area (Å²) in [6.45, 7) is 3.63. The number of carbonyl (C=O) groups is 3. The van der Waals surface area contributed by atoms with Crippen LogP contribution in [-0.2, 0) is 26.2 Å². The predicted molar refractivity (Wildman–Crippen MR) is 121 cm³/mol. The highest BCUT2D eigenvalue weighted by molar-refractivity contribution is 7.90. The second-order valence-electron chi connectivity index (χ2n) is 7.57. The molecule has 0 aliphatic carbocycles. The molecule has 0 saturated heterocycles. The van der Waals surface area contributed by atoms with E-state index < -0.39 is 27.9 Å². The number of sulfonamides is 1. The second-order valence-corrected chi connectivity index (χ2v) is 9.40. The maximum atomic E-state index is 13.2. The molecule has 1 aliphatic rings. The summed E-state index contributed by atoms with van der Waals surface area (Å²) in [6, 6.07) is 12.2. The Labute approximate surface area is 193 Å². The molecule has 0 spiro atoms. The Morgan fingerprint density at radius 1 is 1.12 bits per heavy atom. The van der Waals surface area contributed by atoms with Crippen molar-refractivity contribution in [1.29, 1.82) is 0 Å². The van der Waals surface area contributed by atoms with Crippen LogP contribution >= 0.6 is 0 Å². The van der Waals surface area contributed by atoms with Gasteiger partial charge in [-0.05, 0) is 43.7 Å². The summed E-state index contributed by atoms with van der Waals surface area (Å²) >= 11 is 0. The third-order valence-corrected chi connectivity index (χ3v) is 7.31. The lowest BCUT2D eigenvalue weighted by Crippen LogP contribution is -2.48. The Morgan fingerprint density at radius 3 is 2.39 bits per heavy atom. The molecule has 1 atom stereocenters. The molecule has 176 valence electrons. The van der Waals surface area contributed by atoms with Gasteiger partial charge in [0.15, 0.2) is 0 Å². The van der Waals surface area contributed by atoms with Gasteiger partial charge in [0.25, 0.3) is 15.9 Å². The first-order valence-corrected chi connectivity index (χ1v) is 12.0. The third-order valence-electron chi connectivity index (χ3n) is 5.47. The van der Waals surface area contributed by atoms with Gasteiger partial charge in [-0.3, -0.25) is 14.4 Å². The molecule has 10 heteroatoms. The van der Waals surface area contributed by atoms with Crippen molar-refractivity contribution in [3.63, 3.8) is 0 Å². The fourth-order valence-corrected chi connectivity index (χ4v) is 5.19. The number of likely N-dealkylation sites (N-methyl/N-ethyl adjacent to an activating group) is 1. The van der Waals surface area contributed by atoms with Crippen molar-refractivity contribution >= 4 is 27.7 Å². The second kappa shape index (κ2) is 10.0. The number of methoxy groups -OCH3 is 1. The molecule has 0 saturated carbocycles. The van der Waals surface area contributed by atoms with Crippen molar-refractivity contribution in [3.05, 3.63) is 59.7 Å². The molecular weight excluding hydrogens is 446 g/mol. The summed E-state index contributed by atoms with van der Waals surface area (Å²) < 4.78 is 31.4. The van der Waals surface area contributed by atoms with E-state index in [0.717, 1.165) is 9.87 Å². The Bertz CT molecular complexity index is 1150. The van der Waals surface area contributed by atoms with Crippen LogP contribution in [-0.4, -0.2) is 61.6 Å². The maximum Gasteiger partial charge on any atom is 0.269 e. The first kappa shape index (κ1) is 24.2. The summed E-state index contributed by atoms with van der Waals surface area (Å²) in [5, 5.41) is 2.70. The minimum Gasteiger partial charge on any atom is -0.497 e. The molecule has 1 N–H and O–H groups in total. The van der Waals surface area contributed by atoms with E-state index in [4.69, 9.17) is 4.74 Å². The van der Waals surface area contributed by atoms with Gasteiger partial charge in [0.05, 0.1) is 12.7 Å². The molecule has 2 aromatic rings. The number of hydrogen-bond acceptors (Lipinski definition) is 6. The zero-order valence-corrected chi connectivity index (χ0v) is 19.6. The van der Waals surface area contributed by atoms with E-state index in [-0.39, 0.29) is 35.9 Å². The average molecular weight is 474 g/mol. The first-order chi connectivity index (χ1) is 15.7. The number of ether oxygens (including phenoxy) is 1. The fraction of sp³-hybridized carbons (Fsp3) is 0.348. The van der Waals surface area contributed by atoms with Gasteiger partial charge >= 0.3 is 0 Å². The normalized spacial score (nSPS) is 15.0. The van der Waals surface area contributed by atoms with Gasteiger partial charge in [-0.2, -0.15) is 0 Å². The summed E-state index contributed by atoms with van der Waals surface area (Å²) in [4.78, 5) is 39.6. The van der Waals surface area contributed by atoms with Crippen LogP contribution in [0, 0.1) is 0 Å². The van der Waals surface area contributed by atoms with Crippen molar-refractivity contribution < 1.29 is 27.5 Å². The Balaban J connectivity index is 1.78. The lowest BCUT2D eigenvalue weighted by molar-refractivity contribution is -0.140. The topological polar surface area (TPSA) is 113 Å². The Kier molecular flexibility index (Phi) is 7.37. The highest BCUT2D eigenvalue weighted by Crippen LogP contribution is 2.30. The number of carbonyl (C=O) groups excluding carboxylic acids is 3. The van der Waals surface area contributed by atoms with Crippen molar-refractivity contribution in [2.24, 2.45) is 0 Å². The van der Waals surface area contributed by atoms with Gasteiger partial charge in [-0.1, -0.05) is 24.3 Å². The fourth-order valence-electron chi connectivity index (χ4n) is 3.63. The number of rotatable bonds is 9. The van der Waals surface area contributed by atoms with Crippen molar-refractivity contribution in [3.8, 4) is 5.75 Å². The van der Waals surface area contributed by atoms with Crippen LogP contribution in [0.3, 0.4) is 0 Å². The molecule has 0 aromatic heterocycles. The summed E-state index contributed by atoms with van der Waals surface area (Å²) in [5.41, 5.74) is 0.869. The van der Waals surface area contributed by atoms with Crippen LogP contribution in [0.5, 0.6) is 5.75 Å². The lowest BCUT2D eigenvalue weighted by Gasteiger charge is -2.29. The van der Waals surface area contributed by atoms with Crippen LogP contribution < -0.4 is 10.1 Å². The number of amides is 3. The lowest BCUT2D eigenvalue weighted by atomic mass is 10.1. The standard InChI is InChI=1S/C23H27N3O6S/c1-4-24-22(28)16(2)25(15-17-9-11-18(32-3)12-10-17)21(27)13-14-26-23(29)19-7-5-6-8-20(19)33(26,30)31/h5-12,16H,4,13-15H2,1-3H3,(H,24,28)/t16-/m1/s1. The van der Waals surface area contributed by atoms with Crippen LogP contribution in [0.4, 0.5) is 0 Å². The van der Waals surface area contributed by atoms with E-state index in [0.29, 0.717) is 12.3 Å². The molecule has 3 amide bonds. The molecule has 3 rings (SSSR count). The van der Waals surface area contributed by atoms with Gasteiger partial charge < -0.3 is 15.0 Å².